The molecule has 0 aliphatic carbocycles. The summed E-state index contributed by atoms with van der Waals surface area (Å²) >= 11 is 0. The van der Waals surface area contributed by atoms with Crippen LogP contribution in [0.25, 0.3) is 0 Å². The average Bonchev–Trinajstić information content (AvgIpc) is 2.33. The van der Waals surface area contributed by atoms with Crippen molar-refractivity contribution in [2.45, 2.75) is 25.7 Å². The standard InChI is InChI=1S/C13H20O6S2/c14-20(15,16)9-5-4-8-13(11-21(17,18)19)10-12-6-2-1-3-7-12/h1-3,6-7,13H,4-5,8-11H2,(H,14,15,16)(H,17,18,19). The van der Waals surface area contributed by atoms with Crippen molar-refractivity contribution >= 4 is 20.2 Å². The van der Waals surface area contributed by atoms with Crippen molar-refractivity contribution in [2.24, 2.45) is 5.92 Å². The Morgan fingerprint density at radius 1 is 0.905 bits per heavy atom. The molecule has 0 fully saturated rings. The van der Waals surface area contributed by atoms with E-state index in [-0.39, 0.29) is 23.8 Å². The van der Waals surface area contributed by atoms with Crippen LogP contribution in [-0.2, 0) is 26.7 Å². The highest BCUT2D eigenvalue weighted by Gasteiger charge is 2.17. The molecule has 1 atom stereocenters. The fourth-order valence-electron chi connectivity index (χ4n) is 2.21. The zero-order valence-corrected chi connectivity index (χ0v) is 13.2. The van der Waals surface area contributed by atoms with Crippen molar-refractivity contribution < 1.29 is 25.9 Å². The molecule has 0 aliphatic rings. The number of benzene rings is 1. The van der Waals surface area contributed by atoms with E-state index in [0.717, 1.165) is 5.56 Å². The van der Waals surface area contributed by atoms with Gasteiger partial charge in [-0.1, -0.05) is 36.8 Å². The predicted octanol–water partition coefficient (Wildman–Crippen LogP) is 1.79. The van der Waals surface area contributed by atoms with Gasteiger partial charge >= 0.3 is 0 Å². The molecule has 1 aromatic carbocycles. The summed E-state index contributed by atoms with van der Waals surface area (Å²) in [5, 5.41) is 0. The quantitative estimate of drug-likeness (QED) is 0.526. The average molecular weight is 336 g/mol. The topological polar surface area (TPSA) is 109 Å². The maximum atomic E-state index is 11.0. The Labute approximate surface area is 125 Å². The van der Waals surface area contributed by atoms with Gasteiger partial charge in [0.2, 0.25) is 0 Å². The van der Waals surface area contributed by atoms with E-state index in [0.29, 0.717) is 19.3 Å². The summed E-state index contributed by atoms with van der Waals surface area (Å²) in [5.74, 6) is -0.978. The van der Waals surface area contributed by atoms with Crippen LogP contribution < -0.4 is 0 Å². The van der Waals surface area contributed by atoms with E-state index in [1.54, 1.807) is 0 Å². The number of rotatable bonds is 9. The maximum Gasteiger partial charge on any atom is 0.265 e. The highest BCUT2D eigenvalue weighted by Crippen LogP contribution is 2.17. The Balaban J connectivity index is 2.57. The van der Waals surface area contributed by atoms with Gasteiger partial charge in [0.05, 0.1) is 11.5 Å². The first-order valence-electron chi connectivity index (χ1n) is 6.60. The van der Waals surface area contributed by atoms with E-state index in [1.165, 1.54) is 0 Å². The smallest absolute Gasteiger partial charge is 0.265 e. The minimum absolute atomic E-state index is 0.260. The Morgan fingerprint density at radius 3 is 2.05 bits per heavy atom. The van der Waals surface area contributed by atoms with Crippen LogP contribution in [0.15, 0.2) is 30.3 Å². The summed E-state index contributed by atoms with van der Waals surface area (Å²) < 4.78 is 60.9. The Morgan fingerprint density at radius 2 is 1.52 bits per heavy atom. The molecule has 2 N–H and O–H groups in total. The second-order valence-electron chi connectivity index (χ2n) is 5.09. The number of hydrogen-bond acceptors (Lipinski definition) is 4. The molecular weight excluding hydrogens is 316 g/mol. The first-order chi connectivity index (χ1) is 9.66. The van der Waals surface area contributed by atoms with Crippen LogP contribution in [0.5, 0.6) is 0 Å². The van der Waals surface area contributed by atoms with Gasteiger partial charge in [-0.25, -0.2) is 0 Å². The van der Waals surface area contributed by atoms with Crippen LogP contribution in [0.3, 0.4) is 0 Å². The molecule has 0 heterocycles. The van der Waals surface area contributed by atoms with Crippen LogP contribution >= 0.6 is 0 Å². The third kappa shape index (κ3) is 9.57. The third-order valence-electron chi connectivity index (χ3n) is 3.08. The molecule has 21 heavy (non-hydrogen) atoms. The van der Waals surface area contributed by atoms with Gasteiger partial charge in [-0.15, -0.1) is 0 Å². The summed E-state index contributed by atoms with van der Waals surface area (Å²) in [6.45, 7) is 0. The van der Waals surface area contributed by atoms with Gasteiger partial charge in [-0.3, -0.25) is 9.11 Å². The van der Waals surface area contributed by atoms with Gasteiger partial charge in [0, 0.05) is 0 Å². The lowest BCUT2D eigenvalue weighted by Gasteiger charge is -2.15. The lowest BCUT2D eigenvalue weighted by molar-refractivity contribution is 0.441. The van der Waals surface area contributed by atoms with Crippen molar-refractivity contribution in [3.05, 3.63) is 35.9 Å². The fourth-order valence-corrected chi connectivity index (χ4v) is 3.66. The molecule has 0 aliphatic heterocycles. The first kappa shape index (κ1) is 18.1. The predicted molar refractivity (Wildman–Crippen MR) is 80.3 cm³/mol. The van der Waals surface area contributed by atoms with Crippen LogP contribution in [0, 0.1) is 5.92 Å². The van der Waals surface area contributed by atoms with E-state index in [2.05, 4.69) is 0 Å². The molecule has 0 spiro atoms. The Hall–Kier alpha value is -0.960. The van der Waals surface area contributed by atoms with Crippen molar-refractivity contribution in [1.29, 1.82) is 0 Å². The molecule has 0 saturated heterocycles. The second kappa shape index (κ2) is 7.88. The third-order valence-corrected chi connectivity index (χ3v) is 4.78. The van der Waals surface area contributed by atoms with Crippen LogP contribution in [0.2, 0.25) is 0 Å². The lowest BCUT2D eigenvalue weighted by atomic mass is 9.96. The zero-order valence-electron chi connectivity index (χ0n) is 11.6. The van der Waals surface area contributed by atoms with Gasteiger partial charge in [0.1, 0.15) is 0 Å². The minimum Gasteiger partial charge on any atom is -0.286 e. The fraction of sp³-hybridized carbons (Fsp3) is 0.538. The minimum atomic E-state index is -4.08. The van der Waals surface area contributed by atoms with Gasteiger partial charge in [-0.05, 0) is 30.7 Å². The highest BCUT2D eigenvalue weighted by atomic mass is 32.2. The number of unbranched alkanes of at least 4 members (excludes halogenated alkanes) is 1. The van der Waals surface area contributed by atoms with Crippen LogP contribution in [0.1, 0.15) is 24.8 Å². The molecule has 1 rings (SSSR count). The van der Waals surface area contributed by atoms with Gasteiger partial charge < -0.3 is 0 Å². The molecule has 0 saturated carbocycles. The molecule has 6 nitrogen and oxygen atoms in total. The summed E-state index contributed by atoms with van der Waals surface area (Å²) in [6, 6.07) is 9.29. The largest absolute Gasteiger partial charge is 0.286 e. The molecule has 0 amide bonds. The van der Waals surface area contributed by atoms with Crippen LogP contribution in [-0.4, -0.2) is 37.4 Å². The normalized spacial score (nSPS) is 14.0. The van der Waals surface area contributed by atoms with E-state index < -0.39 is 20.2 Å². The van der Waals surface area contributed by atoms with Gasteiger partial charge in [0.15, 0.2) is 0 Å². The Bertz CT molecular complexity index is 622. The summed E-state index contributed by atoms with van der Waals surface area (Å²) in [7, 11) is -8.06. The summed E-state index contributed by atoms with van der Waals surface area (Å²) in [6.07, 6.45) is 1.68. The summed E-state index contributed by atoms with van der Waals surface area (Å²) in [5.41, 5.74) is 0.959. The lowest BCUT2D eigenvalue weighted by Crippen LogP contribution is -2.18. The summed E-state index contributed by atoms with van der Waals surface area (Å²) in [4.78, 5) is 0. The molecule has 8 heteroatoms. The van der Waals surface area contributed by atoms with E-state index in [4.69, 9.17) is 9.11 Å². The first-order valence-corrected chi connectivity index (χ1v) is 9.82. The molecular formula is C13H20O6S2. The van der Waals surface area contributed by atoms with Crippen molar-refractivity contribution in [3.8, 4) is 0 Å². The number of hydrogen-bond donors (Lipinski definition) is 2. The molecule has 1 aromatic rings. The zero-order chi connectivity index (χ0) is 15.9. The maximum absolute atomic E-state index is 11.0. The van der Waals surface area contributed by atoms with Gasteiger partial charge in [0.25, 0.3) is 20.2 Å². The SMILES string of the molecule is O=S(=O)(O)CCCCC(Cc1ccccc1)CS(=O)(=O)O. The molecule has 0 aromatic heterocycles. The van der Waals surface area contributed by atoms with E-state index in [9.17, 15) is 16.8 Å². The molecule has 1 unspecified atom stereocenters. The molecule has 0 bridgehead atoms. The highest BCUT2D eigenvalue weighted by molar-refractivity contribution is 7.86. The Kier molecular flexibility index (Phi) is 6.79. The second-order valence-corrected chi connectivity index (χ2v) is 8.16. The van der Waals surface area contributed by atoms with Crippen molar-refractivity contribution in [1.82, 2.24) is 0 Å². The van der Waals surface area contributed by atoms with E-state index in [1.807, 2.05) is 30.3 Å². The molecule has 120 valence electrons. The van der Waals surface area contributed by atoms with Crippen molar-refractivity contribution in [2.75, 3.05) is 11.5 Å². The molecule has 0 radical (unpaired) electrons. The van der Waals surface area contributed by atoms with E-state index >= 15 is 0 Å². The van der Waals surface area contributed by atoms with Crippen molar-refractivity contribution in [3.63, 3.8) is 0 Å². The monoisotopic (exact) mass is 336 g/mol. The van der Waals surface area contributed by atoms with Crippen LogP contribution in [0.4, 0.5) is 0 Å². The van der Waals surface area contributed by atoms with Gasteiger partial charge in [-0.2, -0.15) is 16.8 Å².